The predicted octanol–water partition coefficient (Wildman–Crippen LogP) is 5.76. The van der Waals surface area contributed by atoms with E-state index in [0.717, 1.165) is 31.2 Å². The Bertz CT molecular complexity index is 759. The molecule has 1 aliphatic carbocycles. The van der Waals surface area contributed by atoms with Gasteiger partial charge in [-0.1, -0.05) is 76.1 Å². The molecule has 2 rings (SSSR count). The molecule has 0 bridgehead atoms. The van der Waals surface area contributed by atoms with Crippen LogP contribution in [0.5, 0.6) is 0 Å². The van der Waals surface area contributed by atoms with E-state index >= 15 is 0 Å². The van der Waals surface area contributed by atoms with Crippen molar-refractivity contribution in [3.63, 3.8) is 0 Å². The van der Waals surface area contributed by atoms with Crippen LogP contribution in [-0.2, 0) is 14.3 Å². The molecule has 0 radical (unpaired) electrons. The van der Waals surface area contributed by atoms with Crippen LogP contribution in [0.25, 0.3) is 6.08 Å². The molecule has 0 aromatic heterocycles. The minimum atomic E-state index is -0.580. The van der Waals surface area contributed by atoms with Gasteiger partial charge >= 0.3 is 5.97 Å². The second-order valence-electron chi connectivity index (χ2n) is 10.3. The molecule has 1 aromatic carbocycles. The van der Waals surface area contributed by atoms with E-state index in [-0.39, 0.29) is 11.9 Å². The van der Waals surface area contributed by atoms with E-state index in [4.69, 9.17) is 4.74 Å². The summed E-state index contributed by atoms with van der Waals surface area (Å²) in [7, 11) is 0. The van der Waals surface area contributed by atoms with Crippen LogP contribution in [0.1, 0.15) is 85.6 Å². The quantitative estimate of drug-likeness (QED) is 0.370. The minimum Gasteiger partial charge on any atom is -0.460 e. The zero-order chi connectivity index (χ0) is 23.8. The molecule has 0 heterocycles. The summed E-state index contributed by atoms with van der Waals surface area (Å²) in [6.07, 6.45) is 8.62. The zero-order valence-corrected chi connectivity index (χ0v) is 20.8. The SMILES string of the molecule is CCC(=O)N(NCC(C)C)C1([C@H](C/C=C/c2ccccc2)C(=O)OC(C)(C)C)CCCC1. The van der Waals surface area contributed by atoms with E-state index in [9.17, 15) is 9.59 Å². The molecular formula is C27H42N2O3. The molecule has 1 amide bonds. The summed E-state index contributed by atoms with van der Waals surface area (Å²) < 4.78 is 5.89. The molecule has 5 nitrogen and oxygen atoms in total. The first kappa shape index (κ1) is 26.1. The smallest absolute Gasteiger partial charge is 0.312 e. The van der Waals surface area contributed by atoms with Crippen LogP contribution in [0.4, 0.5) is 0 Å². The Morgan fingerprint density at radius 1 is 1.16 bits per heavy atom. The van der Waals surface area contributed by atoms with Crippen LogP contribution >= 0.6 is 0 Å². The van der Waals surface area contributed by atoms with Crippen molar-refractivity contribution in [1.29, 1.82) is 0 Å². The molecule has 1 aromatic rings. The highest BCUT2D eigenvalue weighted by Gasteiger charge is 2.51. The fourth-order valence-electron chi connectivity index (χ4n) is 4.45. The number of ether oxygens (including phenoxy) is 1. The Hall–Kier alpha value is -2.14. The first-order valence-corrected chi connectivity index (χ1v) is 12.1. The van der Waals surface area contributed by atoms with Gasteiger partial charge in [-0.05, 0) is 51.5 Å². The molecule has 178 valence electrons. The van der Waals surface area contributed by atoms with Crippen LogP contribution in [0.3, 0.4) is 0 Å². The van der Waals surface area contributed by atoms with E-state index in [1.54, 1.807) is 0 Å². The fraction of sp³-hybridized carbons (Fsp3) is 0.630. The Labute approximate surface area is 194 Å². The molecule has 0 spiro atoms. The second kappa shape index (κ2) is 11.6. The lowest BCUT2D eigenvalue weighted by atomic mass is 9.78. The maximum Gasteiger partial charge on any atom is 0.312 e. The van der Waals surface area contributed by atoms with Gasteiger partial charge in [-0.15, -0.1) is 0 Å². The summed E-state index contributed by atoms with van der Waals surface area (Å²) in [4.78, 5) is 26.6. The molecular weight excluding hydrogens is 400 g/mol. The molecule has 0 saturated heterocycles. The minimum absolute atomic E-state index is 0.0353. The summed E-state index contributed by atoms with van der Waals surface area (Å²) in [5.74, 6) is -0.233. The van der Waals surface area contributed by atoms with E-state index in [1.165, 1.54) is 0 Å². The normalized spacial score (nSPS) is 17.0. The van der Waals surface area contributed by atoms with Crippen molar-refractivity contribution < 1.29 is 14.3 Å². The summed E-state index contributed by atoms with van der Waals surface area (Å²) in [5, 5.41) is 1.81. The summed E-state index contributed by atoms with van der Waals surface area (Å²) >= 11 is 0. The van der Waals surface area contributed by atoms with E-state index in [2.05, 4.69) is 25.3 Å². The average Bonchev–Trinajstić information content (AvgIpc) is 3.20. The lowest BCUT2D eigenvalue weighted by Crippen LogP contribution is -2.62. The number of carbonyl (C=O) groups excluding carboxylic acids is 2. The Kier molecular flexibility index (Phi) is 9.50. The zero-order valence-electron chi connectivity index (χ0n) is 20.8. The topological polar surface area (TPSA) is 58.6 Å². The van der Waals surface area contributed by atoms with Crippen molar-refractivity contribution in [2.45, 2.75) is 91.2 Å². The number of allylic oxidation sites excluding steroid dienone is 1. The van der Waals surface area contributed by atoms with Crippen molar-refractivity contribution in [1.82, 2.24) is 10.4 Å². The average molecular weight is 443 g/mol. The van der Waals surface area contributed by atoms with Crippen molar-refractivity contribution in [3.05, 3.63) is 42.0 Å². The first-order chi connectivity index (χ1) is 15.1. The first-order valence-electron chi connectivity index (χ1n) is 12.1. The Balaban J connectivity index is 2.42. The van der Waals surface area contributed by atoms with Crippen LogP contribution < -0.4 is 5.43 Å². The molecule has 1 fully saturated rings. The molecule has 5 heteroatoms. The number of carbonyl (C=O) groups is 2. The van der Waals surface area contributed by atoms with Gasteiger partial charge in [0.15, 0.2) is 0 Å². The highest BCUT2D eigenvalue weighted by Crippen LogP contribution is 2.43. The van der Waals surface area contributed by atoms with Gasteiger partial charge in [-0.25, -0.2) is 5.43 Å². The second-order valence-corrected chi connectivity index (χ2v) is 10.3. The third-order valence-corrected chi connectivity index (χ3v) is 5.95. The molecule has 1 aliphatic rings. The maximum absolute atomic E-state index is 13.5. The van der Waals surface area contributed by atoms with Gasteiger partial charge in [-0.3, -0.25) is 14.6 Å². The van der Waals surface area contributed by atoms with Gasteiger partial charge in [0.25, 0.3) is 0 Å². The van der Waals surface area contributed by atoms with Crippen molar-refractivity contribution in [2.24, 2.45) is 11.8 Å². The number of rotatable bonds is 10. The molecule has 1 N–H and O–H groups in total. The third-order valence-electron chi connectivity index (χ3n) is 5.95. The lowest BCUT2D eigenvalue weighted by Gasteiger charge is -2.46. The van der Waals surface area contributed by atoms with Gasteiger partial charge in [0.2, 0.25) is 5.91 Å². The number of nitrogens with one attached hydrogen (secondary N) is 1. The number of hydrazine groups is 1. The molecule has 0 aliphatic heterocycles. The van der Waals surface area contributed by atoms with Gasteiger partial charge in [0.05, 0.1) is 11.5 Å². The molecule has 1 saturated carbocycles. The van der Waals surface area contributed by atoms with Gasteiger partial charge < -0.3 is 4.74 Å². The van der Waals surface area contributed by atoms with Crippen molar-refractivity contribution in [3.8, 4) is 0 Å². The molecule has 32 heavy (non-hydrogen) atoms. The summed E-state index contributed by atoms with van der Waals surface area (Å²) in [6.45, 7) is 12.5. The summed E-state index contributed by atoms with van der Waals surface area (Å²) in [6, 6.07) is 10.1. The van der Waals surface area contributed by atoms with Gasteiger partial charge in [-0.2, -0.15) is 0 Å². The Morgan fingerprint density at radius 2 is 1.78 bits per heavy atom. The third kappa shape index (κ3) is 7.19. The van der Waals surface area contributed by atoms with Gasteiger partial charge in [0, 0.05) is 13.0 Å². The standard InChI is InChI=1S/C27H42N2O3/c1-7-24(30)29(28-20-21(2)3)27(18-11-12-19-27)23(25(31)32-26(4,5)6)17-13-16-22-14-9-8-10-15-22/h8-10,13-16,21,23,28H,7,11-12,17-20H2,1-6H3/b16-13+/t23-/m1/s1. The predicted molar refractivity (Wildman–Crippen MR) is 131 cm³/mol. The highest BCUT2D eigenvalue weighted by molar-refractivity contribution is 5.80. The van der Waals surface area contributed by atoms with E-state index in [0.29, 0.717) is 25.3 Å². The number of esters is 1. The lowest BCUT2D eigenvalue weighted by molar-refractivity contribution is -0.170. The van der Waals surface area contributed by atoms with E-state index < -0.39 is 17.1 Å². The van der Waals surface area contributed by atoms with Crippen LogP contribution in [0.2, 0.25) is 0 Å². The van der Waals surface area contributed by atoms with E-state index in [1.807, 2.05) is 69.1 Å². The number of benzene rings is 1. The van der Waals surface area contributed by atoms with Crippen LogP contribution in [-0.4, -0.2) is 34.6 Å². The maximum atomic E-state index is 13.5. The molecule has 1 atom stereocenters. The Morgan fingerprint density at radius 3 is 2.31 bits per heavy atom. The van der Waals surface area contributed by atoms with Crippen LogP contribution in [0, 0.1) is 11.8 Å². The number of nitrogens with zero attached hydrogens (tertiary/aromatic N) is 1. The number of hydrogen-bond donors (Lipinski definition) is 1. The number of amides is 1. The van der Waals surface area contributed by atoms with Crippen LogP contribution in [0.15, 0.2) is 36.4 Å². The fourth-order valence-corrected chi connectivity index (χ4v) is 4.45. The molecule has 0 unspecified atom stereocenters. The van der Waals surface area contributed by atoms with Crippen molar-refractivity contribution >= 4 is 18.0 Å². The highest BCUT2D eigenvalue weighted by atomic mass is 16.6. The van der Waals surface area contributed by atoms with Gasteiger partial charge in [0.1, 0.15) is 5.60 Å². The summed E-state index contributed by atoms with van der Waals surface area (Å²) in [5.41, 5.74) is 3.35. The monoisotopic (exact) mass is 442 g/mol. The number of hydrogen-bond acceptors (Lipinski definition) is 4. The largest absolute Gasteiger partial charge is 0.460 e. The van der Waals surface area contributed by atoms with Crippen molar-refractivity contribution in [2.75, 3.05) is 6.54 Å².